The van der Waals surface area contributed by atoms with Crippen molar-refractivity contribution in [2.75, 3.05) is 0 Å². The van der Waals surface area contributed by atoms with E-state index < -0.39 is 5.97 Å². The van der Waals surface area contributed by atoms with Crippen molar-refractivity contribution in [3.63, 3.8) is 0 Å². The van der Waals surface area contributed by atoms with E-state index in [9.17, 15) is 4.79 Å². The highest BCUT2D eigenvalue weighted by molar-refractivity contribution is 5.89. The van der Waals surface area contributed by atoms with Crippen LogP contribution >= 0.6 is 0 Å². The first-order chi connectivity index (χ1) is 5.84. The van der Waals surface area contributed by atoms with E-state index >= 15 is 0 Å². The van der Waals surface area contributed by atoms with Crippen LogP contribution in [0.3, 0.4) is 0 Å². The van der Waals surface area contributed by atoms with Crippen LogP contribution in [0.2, 0.25) is 0 Å². The number of hydrogen-bond donors (Lipinski definition) is 0. The highest BCUT2D eigenvalue weighted by Gasteiger charge is 2.02. The molecule has 0 N–H and O–H groups in total. The van der Waals surface area contributed by atoms with Gasteiger partial charge in [0.2, 0.25) is 0 Å². The summed E-state index contributed by atoms with van der Waals surface area (Å²) in [5, 5.41) is 0. The van der Waals surface area contributed by atoms with Gasteiger partial charge >= 0.3 is 5.97 Å². The minimum atomic E-state index is -0.412. The van der Waals surface area contributed by atoms with Crippen LogP contribution in [0.4, 0.5) is 0 Å². The summed E-state index contributed by atoms with van der Waals surface area (Å²) in [6.07, 6.45) is 2.25. The quantitative estimate of drug-likeness (QED) is 0.462. The largest absolute Gasteiger partial charge is 0.369 e. The molecule has 2 heteroatoms. The topological polar surface area (TPSA) is 26.3 Å². The molecule has 0 radical (unpaired) electrons. The number of esters is 1. The van der Waals surface area contributed by atoms with E-state index in [2.05, 4.69) is 16.8 Å². The highest BCUT2D eigenvalue weighted by atomic mass is 16.5. The zero-order valence-electron chi connectivity index (χ0n) is 6.70. The Morgan fingerprint density at radius 1 is 1.33 bits per heavy atom. The molecule has 0 fully saturated rings. The minimum absolute atomic E-state index is 0.412. The first-order valence-electron chi connectivity index (χ1n) is 3.52. The van der Waals surface area contributed by atoms with E-state index in [1.807, 2.05) is 6.07 Å². The van der Waals surface area contributed by atoms with Gasteiger partial charge in [-0.15, -0.1) is 0 Å². The second-order valence-electron chi connectivity index (χ2n) is 2.11. The molecule has 0 bridgehead atoms. The van der Waals surface area contributed by atoms with Gasteiger partial charge in [-0.1, -0.05) is 24.1 Å². The normalized spacial score (nSPS) is 8.08. The van der Waals surface area contributed by atoms with Crippen molar-refractivity contribution in [1.29, 1.82) is 0 Å². The number of carbonyl (C=O) groups excluding carboxylic acids is 1. The molecule has 0 aliphatic carbocycles. The van der Waals surface area contributed by atoms with Gasteiger partial charge in [0, 0.05) is 6.92 Å². The Hall–Kier alpha value is -1.75. The number of ether oxygens (including phenoxy) is 1. The van der Waals surface area contributed by atoms with E-state index in [0.29, 0.717) is 5.56 Å². The molecule has 0 aliphatic rings. The molecular formula is C10H8O2. The van der Waals surface area contributed by atoms with Crippen molar-refractivity contribution in [1.82, 2.24) is 0 Å². The zero-order valence-corrected chi connectivity index (χ0v) is 6.70. The lowest BCUT2D eigenvalue weighted by atomic mass is 10.2. The molecule has 0 aliphatic heterocycles. The summed E-state index contributed by atoms with van der Waals surface area (Å²) in [6.45, 7) is 1.61. The minimum Gasteiger partial charge on any atom is -0.369 e. The molecule has 0 unspecified atom stereocenters. The molecule has 0 aromatic heterocycles. The standard InChI is InChI=1S/C10H8O2/c1-2-8-12-10(11)9-6-4-3-5-7-9/h3-7H,1H3. The van der Waals surface area contributed by atoms with Crippen molar-refractivity contribution in [2.45, 2.75) is 6.92 Å². The van der Waals surface area contributed by atoms with Crippen LogP contribution < -0.4 is 0 Å². The highest BCUT2D eigenvalue weighted by Crippen LogP contribution is 1.99. The molecule has 0 atom stereocenters. The van der Waals surface area contributed by atoms with E-state index in [1.54, 1.807) is 31.2 Å². The summed E-state index contributed by atoms with van der Waals surface area (Å²) in [4.78, 5) is 11.1. The molecule has 12 heavy (non-hydrogen) atoms. The Bertz CT molecular complexity index is 317. The van der Waals surface area contributed by atoms with Gasteiger partial charge in [-0.2, -0.15) is 0 Å². The Morgan fingerprint density at radius 2 is 2.00 bits per heavy atom. The lowest BCUT2D eigenvalue weighted by molar-refractivity contribution is 0.0690. The first kappa shape index (κ1) is 8.35. The zero-order chi connectivity index (χ0) is 8.81. The SMILES string of the molecule is CC#COC(=O)c1ccccc1. The fraction of sp³-hybridized carbons (Fsp3) is 0.100. The van der Waals surface area contributed by atoms with E-state index in [0.717, 1.165) is 0 Å². The summed E-state index contributed by atoms with van der Waals surface area (Å²) in [5.74, 6) is 2.06. The predicted molar refractivity (Wildman–Crippen MR) is 45.3 cm³/mol. The summed E-state index contributed by atoms with van der Waals surface area (Å²) in [6, 6.07) is 8.74. The molecule has 0 amide bonds. The lowest BCUT2D eigenvalue weighted by Gasteiger charge is -1.94. The van der Waals surface area contributed by atoms with Gasteiger partial charge in [0.1, 0.15) is 6.11 Å². The maximum atomic E-state index is 11.1. The Kier molecular flexibility index (Phi) is 2.92. The molecule has 1 rings (SSSR count). The maximum Gasteiger partial charge on any atom is 0.352 e. The number of rotatable bonds is 1. The third-order valence-electron chi connectivity index (χ3n) is 1.26. The van der Waals surface area contributed by atoms with Gasteiger partial charge in [0.15, 0.2) is 0 Å². The molecule has 1 aromatic carbocycles. The first-order valence-corrected chi connectivity index (χ1v) is 3.52. The number of benzene rings is 1. The van der Waals surface area contributed by atoms with Crippen molar-refractivity contribution in [3.8, 4) is 12.0 Å². The van der Waals surface area contributed by atoms with Crippen LogP contribution in [0.25, 0.3) is 0 Å². The van der Waals surface area contributed by atoms with Crippen LogP contribution in [0.15, 0.2) is 30.3 Å². The Morgan fingerprint density at radius 3 is 2.58 bits per heavy atom. The van der Waals surface area contributed by atoms with Gasteiger partial charge in [-0.05, 0) is 12.1 Å². The lowest BCUT2D eigenvalue weighted by Crippen LogP contribution is -1.99. The summed E-state index contributed by atoms with van der Waals surface area (Å²) in [5.41, 5.74) is 0.514. The van der Waals surface area contributed by atoms with E-state index in [1.165, 1.54) is 0 Å². The number of hydrogen-bond acceptors (Lipinski definition) is 2. The average Bonchev–Trinajstić information content (AvgIpc) is 2.15. The van der Waals surface area contributed by atoms with Crippen molar-refractivity contribution >= 4 is 5.97 Å². The van der Waals surface area contributed by atoms with Crippen molar-refractivity contribution < 1.29 is 9.53 Å². The average molecular weight is 160 g/mol. The van der Waals surface area contributed by atoms with Crippen LogP contribution in [0, 0.1) is 12.0 Å². The summed E-state index contributed by atoms with van der Waals surface area (Å²) in [7, 11) is 0. The summed E-state index contributed by atoms with van der Waals surface area (Å²) >= 11 is 0. The Labute approximate surface area is 71.2 Å². The van der Waals surface area contributed by atoms with Gasteiger partial charge in [0.05, 0.1) is 5.56 Å². The molecular weight excluding hydrogens is 152 g/mol. The van der Waals surface area contributed by atoms with Gasteiger partial charge in [-0.3, -0.25) is 0 Å². The fourth-order valence-corrected chi connectivity index (χ4v) is 0.731. The molecule has 0 heterocycles. The molecule has 0 saturated heterocycles. The monoisotopic (exact) mass is 160 g/mol. The van der Waals surface area contributed by atoms with Crippen molar-refractivity contribution in [2.24, 2.45) is 0 Å². The van der Waals surface area contributed by atoms with Gasteiger partial charge < -0.3 is 4.74 Å². The van der Waals surface area contributed by atoms with Gasteiger partial charge in [-0.25, -0.2) is 4.79 Å². The second-order valence-corrected chi connectivity index (χ2v) is 2.11. The third kappa shape index (κ3) is 2.14. The van der Waals surface area contributed by atoms with Crippen LogP contribution in [0.5, 0.6) is 0 Å². The number of carbonyl (C=O) groups is 1. The third-order valence-corrected chi connectivity index (χ3v) is 1.26. The smallest absolute Gasteiger partial charge is 0.352 e. The maximum absolute atomic E-state index is 11.1. The molecule has 0 spiro atoms. The van der Waals surface area contributed by atoms with Crippen LogP contribution in [-0.4, -0.2) is 5.97 Å². The summed E-state index contributed by atoms with van der Waals surface area (Å²) < 4.78 is 4.58. The van der Waals surface area contributed by atoms with Crippen molar-refractivity contribution in [3.05, 3.63) is 35.9 Å². The van der Waals surface area contributed by atoms with Gasteiger partial charge in [0.25, 0.3) is 0 Å². The van der Waals surface area contributed by atoms with Crippen LogP contribution in [-0.2, 0) is 4.74 Å². The fourth-order valence-electron chi connectivity index (χ4n) is 0.731. The Balaban J connectivity index is 2.70. The second kappa shape index (κ2) is 4.20. The molecule has 2 nitrogen and oxygen atoms in total. The predicted octanol–water partition coefficient (Wildman–Crippen LogP) is 1.82. The molecule has 60 valence electrons. The molecule has 0 saturated carbocycles. The molecule has 1 aromatic rings. The van der Waals surface area contributed by atoms with E-state index in [4.69, 9.17) is 0 Å². The van der Waals surface area contributed by atoms with Crippen LogP contribution in [0.1, 0.15) is 17.3 Å². The van der Waals surface area contributed by atoms with E-state index in [-0.39, 0.29) is 0 Å².